The number of nitrogens with one attached hydrogen (secondary N) is 1. The Morgan fingerprint density at radius 3 is 2.43 bits per heavy atom. The van der Waals surface area contributed by atoms with E-state index in [1.54, 1.807) is 24.3 Å². The van der Waals surface area contributed by atoms with Gasteiger partial charge < -0.3 is 14.2 Å². The zero-order valence-electron chi connectivity index (χ0n) is 15.8. The van der Waals surface area contributed by atoms with Crippen LogP contribution in [0.15, 0.2) is 41.5 Å². The minimum absolute atomic E-state index is 0.0681. The monoisotopic (exact) mass is 387 g/mol. The van der Waals surface area contributed by atoms with Crippen LogP contribution in [-0.4, -0.2) is 37.9 Å². The molecule has 0 aliphatic carbocycles. The summed E-state index contributed by atoms with van der Waals surface area (Å²) >= 11 is 0. The molecule has 28 heavy (non-hydrogen) atoms. The molecule has 1 N–H and O–H groups in total. The normalized spacial score (nSPS) is 10.5. The lowest BCUT2D eigenvalue weighted by atomic mass is 10.1. The molecule has 0 bridgehead atoms. The molecule has 0 radical (unpaired) electrons. The first-order valence-corrected chi connectivity index (χ1v) is 8.42. The number of nitrogens with zero attached hydrogens (tertiary/aromatic N) is 2. The molecule has 2 aromatic rings. The van der Waals surface area contributed by atoms with Crippen LogP contribution in [0.25, 0.3) is 0 Å². The van der Waals surface area contributed by atoms with Crippen LogP contribution in [-0.2, 0) is 11.2 Å². The molecule has 0 fully saturated rings. The second-order valence-electron chi connectivity index (χ2n) is 5.57. The molecule has 2 rings (SSSR count). The Kier molecular flexibility index (Phi) is 7.32. The summed E-state index contributed by atoms with van der Waals surface area (Å²) in [6, 6.07) is 9.82. The number of hydrazone groups is 1. The van der Waals surface area contributed by atoms with Crippen molar-refractivity contribution in [2.24, 2.45) is 5.10 Å². The average Bonchev–Trinajstić information content (AvgIpc) is 2.69. The van der Waals surface area contributed by atoms with Crippen molar-refractivity contribution in [2.45, 2.75) is 13.3 Å². The summed E-state index contributed by atoms with van der Waals surface area (Å²) in [5.74, 6) is 0.797. The van der Waals surface area contributed by atoms with E-state index in [0.717, 1.165) is 11.3 Å². The number of carbonyl (C=O) groups excluding carboxylic acids is 1. The number of nitro benzene ring substituents is 1. The van der Waals surface area contributed by atoms with Crippen LogP contribution in [0.3, 0.4) is 0 Å². The maximum Gasteiger partial charge on any atom is 0.311 e. The standard InChI is InChI=1S/C19H21N3O6/c1-4-28-15-7-5-13(6-8-15)9-19(23)21-20-12-14-10-16(22(24)25)18(27-3)11-17(14)26-2/h5-8,10-12H,4,9H2,1-3H3,(H,21,23)/b20-12+. The summed E-state index contributed by atoms with van der Waals surface area (Å²) in [4.78, 5) is 22.6. The molecule has 0 atom stereocenters. The second kappa shape index (κ2) is 9.91. The Morgan fingerprint density at radius 2 is 1.86 bits per heavy atom. The highest BCUT2D eigenvalue weighted by Gasteiger charge is 2.18. The molecule has 0 saturated carbocycles. The predicted molar refractivity (Wildman–Crippen MR) is 103 cm³/mol. The molecule has 9 nitrogen and oxygen atoms in total. The third kappa shape index (κ3) is 5.44. The number of amides is 1. The molecule has 2 aromatic carbocycles. The summed E-state index contributed by atoms with van der Waals surface area (Å²) in [5, 5.41) is 15.0. The van der Waals surface area contributed by atoms with Gasteiger partial charge in [0, 0.05) is 17.7 Å². The minimum Gasteiger partial charge on any atom is -0.496 e. The van der Waals surface area contributed by atoms with E-state index in [-0.39, 0.29) is 23.8 Å². The van der Waals surface area contributed by atoms with Crippen LogP contribution in [0.5, 0.6) is 17.2 Å². The molecule has 0 heterocycles. The minimum atomic E-state index is -0.569. The summed E-state index contributed by atoms with van der Waals surface area (Å²) in [6.07, 6.45) is 1.41. The van der Waals surface area contributed by atoms with Crippen molar-refractivity contribution in [1.29, 1.82) is 0 Å². The van der Waals surface area contributed by atoms with Gasteiger partial charge in [-0.15, -0.1) is 0 Å². The first kappa shape index (κ1) is 20.7. The molecule has 148 valence electrons. The van der Waals surface area contributed by atoms with E-state index < -0.39 is 4.92 Å². The van der Waals surface area contributed by atoms with Gasteiger partial charge in [0.05, 0.1) is 38.4 Å². The molecular formula is C19H21N3O6. The summed E-state index contributed by atoms with van der Waals surface area (Å²) < 4.78 is 15.5. The Morgan fingerprint density at radius 1 is 1.18 bits per heavy atom. The highest BCUT2D eigenvalue weighted by atomic mass is 16.6. The fourth-order valence-corrected chi connectivity index (χ4v) is 2.42. The third-order valence-corrected chi connectivity index (χ3v) is 3.72. The highest BCUT2D eigenvalue weighted by Crippen LogP contribution is 2.33. The Balaban J connectivity index is 2.05. The number of ether oxygens (including phenoxy) is 3. The maximum absolute atomic E-state index is 12.0. The molecule has 0 unspecified atom stereocenters. The van der Waals surface area contributed by atoms with Crippen molar-refractivity contribution < 1.29 is 23.9 Å². The Bertz CT molecular complexity index is 865. The lowest BCUT2D eigenvalue weighted by Crippen LogP contribution is -2.19. The second-order valence-corrected chi connectivity index (χ2v) is 5.57. The van der Waals surface area contributed by atoms with Crippen molar-refractivity contribution in [3.63, 3.8) is 0 Å². The topological polar surface area (TPSA) is 112 Å². The average molecular weight is 387 g/mol. The van der Waals surface area contributed by atoms with Gasteiger partial charge in [0.15, 0.2) is 0 Å². The van der Waals surface area contributed by atoms with E-state index in [9.17, 15) is 14.9 Å². The number of nitro groups is 1. The summed E-state index contributed by atoms with van der Waals surface area (Å²) in [7, 11) is 2.75. The fraction of sp³-hybridized carbons (Fsp3) is 0.263. The van der Waals surface area contributed by atoms with Gasteiger partial charge in [0.25, 0.3) is 0 Å². The number of carbonyl (C=O) groups is 1. The third-order valence-electron chi connectivity index (χ3n) is 3.72. The van der Waals surface area contributed by atoms with Gasteiger partial charge in [-0.2, -0.15) is 5.10 Å². The lowest BCUT2D eigenvalue weighted by molar-refractivity contribution is -0.385. The lowest BCUT2D eigenvalue weighted by Gasteiger charge is -2.08. The molecule has 0 aliphatic heterocycles. The van der Waals surface area contributed by atoms with Crippen molar-refractivity contribution in [1.82, 2.24) is 5.43 Å². The predicted octanol–water partition coefficient (Wildman–Crippen LogP) is 2.70. The number of methoxy groups -OCH3 is 2. The first-order valence-electron chi connectivity index (χ1n) is 8.42. The molecule has 0 spiro atoms. The number of hydrogen-bond donors (Lipinski definition) is 1. The fourth-order valence-electron chi connectivity index (χ4n) is 2.42. The summed E-state index contributed by atoms with van der Waals surface area (Å²) in [5.41, 5.74) is 3.29. The van der Waals surface area contributed by atoms with Gasteiger partial charge in [-0.25, -0.2) is 5.43 Å². The Labute approximate surface area is 162 Å². The van der Waals surface area contributed by atoms with Crippen molar-refractivity contribution in [3.05, 3.63) is 57.6 Å². The van der Waals surface area contributed by atoms with Crippen LogP contribution in [0, 0.1) is 10.1 Å². The van der Waals surface area contributed by atoms with Gasteiger partial charge in [-0.1, -0.05) is 12.1 Å². The van der Waals surface area contributed by atoms with E-state index in [0.29, 0.717) is 17.9 Å². The first-order chi connectivity index (χ1) is 13.5. The highest BCUT2D eigenvalue weighted by molar-refractivity contribution is 5.87. The number of benzene rings is 2. The number of rotatable bonds is 9. The molecule has 1 amide bonds. The SMILES string of the molecule is CCOc1ccc(CC(=O)N/N=C/c2cc([N+](=O)[O-])c(OC)cc2OC)cc1. The van der Waals surface area contributed by atoms with E-state index in [2.05, 4.69) is 10.5 Å². The van der Waals surface area contributed by atoms with Gasteiger partial charge >= 0.3 is 5.69 Å². The Hall–Kier alpha value is -3.62. The zero-order chi connectivity index (χ0) is 20.5. The van der Waals surface area contributed by atoms with E-state index in [4.69, 9.17) is 14.2 Å². The molecule has 0 saturated heterocycles. The number of hydrogen-bond acceptors (Lipinski definition) is 7. The molecular weight excluding hydrogens is 366 g/mol. The quantitative estimate of drug-likeness (QED) is 0.402. The van der Waals surface area contributed by atoms with E-state index >= 15 is 0 Å². The van der Waals surface area contributed by atoms with E-state index in [1.165, 1.54) is 32.6 Å². The van der Waals surface area contributed by atoms with Crippen LogP contribution in [0.1, 0.15) is 18.1 Å². The molecule has 0 aromatic heterocycles. The smallest absolute Gasteiger partial charge is 0.311 e. The van der Waals surface area contributed by atoms with Gasteiger partial charge in [-0.3, -0.25) is 14.9 Å². The van der Waals surface area contributed by atoms with Gasteiger partial charge in [0.2, 0.25) is 11.7 Å². The van der Waals surface area contributed by atoms with Crippen LogP contribution in [0.4, 0.5) is 5.69 Å². The summed E-state index contributed by atoms with van der Waals surface area (Å²) in [6.45, 7) is 2.47. The van der Waals surface area contributed by atoms with Crippen LogP contribution in [0.2, 0.25) is 0 Å². The molecule has 9 heteroatoms. The maximum atomic E-state index is 12.0. The van der Waals surface area contributed by atoms with Crippen molar-refractivity contribution in [2.75, 3.05) is 20.8 Å². The van der Waals surface area contributed by atoms with Crippen molar-refractivity contribution >= 4 is 17.8 Å². The van der Waals surface area contributed by atoms with Crippen LogP contribution >= 0.6 is 0 Å². The van der Waals surface area contributed by atoms with Crippen LogP contribution < -0.4 is 19.6 Å². The van der Waals surface area contributed by atoms with E-state index in [1.807, 2.05) is 6.92 Å². The largest absolute Gasteiger partial charge is 0.496 e. The zero-order valence-corrected chi connectivity index (χ0v) is 15.8. The van der Waals surface area contributed by atoms with Crippen molar-refractivity contribution in [3.8, 4) is 17.2 Å². The van der Waals surface area contributed by atoms with Gasteiger partial charge in [-0.05, 0) is 24.6 Å². The molecule has 0 aliphatic rings. The van der Waals surface area contributed by atoms with Gasteiger partial charge in [0.1, 0.15) is 11.5 Å².